The molecule has 0 saturated carbocycles. The Morgan fingerprint density at radius 3 is 2.05 bits per heavy atom. The summed E-state index contributed by atoms with van der Waals surface area (Å²) in [6.07, 6.45) is 2.14. The van der Waals surface area contributed by atoms with Crippen LogP contribution in [0.3, 0.4) is 0 Å². The van der Waals surface area contributed by atoms with Gasteiger partial charge in [-0.15, -0.1) is 0 Å². The molecule has 0 amide bonds. The first-order valence-electron chi connectivity index (χ1n) is 7.77. The van der Waals surface area contributed by atoms with Crippen molar-refractivity contribution < 1.29 is 9.31 Å². The molecule has 1 aromatic rings. The lowest BCUT2D eigenvalue weighted by Gasteiger charge is -2.32. The minimum Gasteiger partial charge on any atom is -0.400 e. The van der Waals surface area contributed by atoms with Crippen molar-refractivity contribution in [3.8, 4) is 0 Å². The van der Waals surface area contributed by atoms with Crippen LogP contribution in [0.15, 0.2) is 29.7 Å². The number of benzene rings is 1. The van der Waals surface area contributed by atoms with Crippen LogP contribution < -0.4 is 10.6 Å². The predicted octanol–water partition coefficient (Wildman–Crippen LogP) is 2.96. The van der Waals surface area contributed by atoms with Gasteiger partial charge in [0.15, 0.2) is 0 Å². The van der Waals surface area contributed by atoms with Crippen LogP contribution in [0, 0.1) is 0 Å². The van der Waals surface area contributed by atoms with E-state index in [4.69, 9.17) is 9.31 Å². The van der Waals surface area contributed by atoms with Gasteiger partial charge in [-0.1, -0.05) is 18.2 Å². The Morgan fingerprint density at radius 1 is 1.05 bits per heavy atom. The highest BCUT2D eigenvalue weighted by atomic mass is 16.7. The van der Waals surface area contributed by atoms with Crippen LogP contribution in [-0.2, 0) is 9.31 Å². The van der Waals surface area contributed by atoms with Crippen LogP contribution in [0.25, 0.3) is 6.08 Å². The second-order valence-corrected chi connectivity index (χ2v) is 6.71. The summed E-state index contributed by atoms with van der Waals surface area (Å²) >= 11 is 0. The lowest BCUT2D eigenvalue weighted by molar-refractivity contribution is 0.00578. The minimum atomic E-state index is -0.319. The fourth-order valence-electron chi connectivity index (χ4n) is 2.36. The van der Waals surface area contributed by atoms with Crippen molar-refractivity contribution in [2.75, 3.05) is 26.0 Å². The largest absolute Gasteiger partial charge is 0.491 e. The summed E-state index contributed by atoms with van der Waals surface area (Å²) < 4.78 is 12.3. The fraction of sp³-hybridized carbons (Fsp3) is 0.529. The standard InChI is InChI=1S/C17H27BN2O2/c1-16(2)17(3,4)22-18(21-16)14(12-19-5)11-13-7-9-15(20-6)10-8-13/h7-11,19-20H,12H2,1-6H3. The zero-order valence-electron chi connectivity index (χ0n) is 14.5. The molecule has 0 spiro atoms. The highest BCUT2D eigenvalue weighted by Gasteiger charge is 2.52. The molecular weight excluding hydrogens is 275 g/mol. The average molecular weight is 302 g/mol. The summed E-state index contributed by atoms with van der Waals surface area (Å²) in [7, 11) is 3.53. The maximum Gasteiger partial charge on any atom is 0.491 e. The molecule has 0 radical (unpaired) electrons. The van der Waals surface area contributed by atoms with Crippen LogP contribution in [-0.4, -0.2) is 39.0 Å². The van der Waals surface area contributed by atoms with E-state index in [1.165, 1.54) is 0 Å². The second kappa shape index (κ2) is 6.45. The van der Waals surface area contributed by atoms with E-state index in [9.17, 15) is 0 Å². The molecule has 0 aromatic heterocycles. The minimum absolute atomic E-state index is 0.318. The van der Waals surface area contributed by atoms with Crippen LogP contribution in [0.4, 0.5) is 5.69 Å². The number of hydrogen-bond donors (Lipinski definition) is 2. The Hall–Kier alpha value is -1.30. The van der Waals surface area contributed by atoms with E-state index < -0.39 is 0 Å². The Labute approximate surface area is 134 Å². The van der Waals surface area contributed by atoms with E-state index in [0.29, 0.717) is 0 Å². The lowest BCUT2D eigenvalue weighted by Crippen LogP contribution is -2.41. The summed E-state index contributed by atoms with van der Waals surface area (Å²) in [6, 6.07) is 8.31. The molecule has 0 bridgehead atoms. The van der Waals surface area contributed by atoms with Gasteiger partial charge in [0.1, 0.15) is 0 Å². The van der Waals surface area contributed by atoms with Gasteiger partial charge in [-0.2, -0.15) is 0 Å². The number of likely N-dealkylation sites (N-methyl/N-ethyl adjacent to an activating group) is 1. The van der Waals surface area contributed by atoms with Crippen molar-refractivity contribution in [2.24, 2.45) is 0 Å². The Morgan fingerprint density at radius 2 is 1.59 bits per heavy atom. The summed E-state index contributed by atoms with van der Waals surface area (Å²) in [5.74, 6) is 0. The highest BCUT2D eigenvalue weighted by Crippen LogP contribution is 2.38. The molecule has 0 aliphatic carbocycles. The topological polar surface area (TPSA) is 42.5 Å². The SMILES string of the molecule is CNCC(=Cc1ccc(NC)cc1)B1OC(C)(C)C(C)(C)O1. The maximum absolute atomic E-state index is 6.15. The van der Waals surface area contributed by atoms with Crippen LogP contribution in [0.5, 0.6) is 0 Å². The van der Waals surface area contributed by atoms with Gasteiger partial charge in [-0.05, 0) is 57.9 Å². The summed E-state index contributed by atoms with van der Waals surface area (Å²) in [4.78, 5) is 0. The van der Waals surface area contributed by atoms with E-state index in [-0.39, 0.29) is 18.3 Å². The molecule has 0 unspecified atom stereocenters. The van der Waals surface area contributed by atoms with Crippen LogP contribution >= 0.6 is 0 Å². The van der Waals surface area contributed by atoms with Gasteiger partial charge in [0.25, 0.3) is 0 Å². The monoisotopic (exact) mass is 302 g/mol. The summed E-state index contributed by atoms with van der Waals surface area (Å²) in [5, 5.41) is 6.33. The molecule has 1 aromatic carbocycles. The van der Waals surface area contributed by atoms with Gasteiger partial charge in [-0.25, -0.2) is 0 Å². The zero-order valence-corrected chi connectivity index (χ0v) is 14.5. The zero-order chi connectivity index (χ0) is 16.4. The van der Waals surface area contributed by atoms with Gasteiger partial charge >= 0.3 is 7.12 Å². The molecule has 1 heterocycles. The van der Waals surface area contributed by atoms with Gasteiger partial charge in [0.05, 0.1) is 11.2 Å². The first kappa shape index (κ1) is 17.1. The number of hydrogen-bond acceptors (Lipinski definition) is 4. The molecule has 1 fully saturated rings. The highest BCUT2D eigenvalue weighted by molar-refractivity contribution is 6.55. The Bertz CT molecular complexity index is 522. The van der Waals surface area contributed by atoms with Crippen LogP contribution in [0.2, 0.25) is 0 Å². The van der Waals surface area contributed by atoms with Crippen molar-refractivity contribution in [2.45, 2.75) is 38.9 Å². The van der Waals surface area contributed by atoms with Gasteiger partial charge < -0.3 is 19.9 Å². The molecule has 4 nitrogen and oxygen atoms in total. The predicted molar refractivity (Wildman–Crippen MR) is 94.0 cm³/mol. The average Bonchev–Trinajstić information content (AvgIpc) is 2.68. The number of anilines is 1. The normalized spacial score (nSPS) is 20.3. The first-order chi connectivity index (χ1) is 10.3. The van der Waals surface area contributed by atoms with Crippen molar-refractivity contribution in [3.63, 3.8) is 0 Å². The van der Waals surface area contributed by atoms with Gasteiger partial charge in [0.2, 0.25) is 0 Å². The van der Waals surface area contributed by atoms with Crippen molar-refractivity contribution in [3.05, 3.63) is 35.3 Å². The summed E-state index contributed by atoms with van der Waals surface area (Å²) in [6.45, 7) is 9.03. The van der Waals surface area contributed by atoms with Crippen molar-refractivity contribution in [1.29, 1.82) is 0 Å². The molecule has 120 valence electrons. The molecule has 22 heavy (non-hydrogen) atoms. The smallest absolute Gasteiger partial charge is 0.400 e. The third-order valence-corrected chi connectivity index (χ3v) is 4.49. The van der Waals surface area contributed by atoms with Crippen molar-refractivity contribution in [1.82, 2.24) is 5.32 Å². The summed E-state index contributed by atoms with van der Waals surface area (Å²) in [5.41, 5.74) is 2.70. The quantitative estimate of drug-likeness (QED) is 0.821. The van der Waals surface area contributed by atoms with Gasteiger partial charge in [0, 0.05) is 19.3 Å². The van der Waals surface area contributed by atoms with E-state index in [1.807, 2.05) is 14.1 Å². The molecule has 2 N–H and O–H groups in total. The lowest BCUT2D eigenvalue weighted by atomic mass is 9.77. The second-order valence-electron chi connectivity index (χ2n) is 6.71. The first-order valence-corrected chi connectivity index (χ1v) is 7.77. The molecule has 1 aliphatic heterocycles. The fourth-order valence-corrected chi connectivity index (χ4v) is 2.36. The van der Waals surface area contributed by atoms with Crippen LogP contribution in [0.1, 0.15) is 33.3 Å². The van der Waals surface area contributed by atoms with E-state index >= 15 is 0 Å². The molecule has 0 atom stereocenters. The molecule has 2 rings (SSSR count). The molecule has 1 saturated heterocycles. The van der Waals surface area contributed by atoms with E-state index in [2.05, 4.69) is 68.7 Å². The number of nitrogens with one attached hydrogen (secondary N) is 2. The Balaban J connectivity index is 2.24. The van der Waals surface area contributed by atoms with Gasteiger partial charge in [-0.3, -0.25) is 0 Å². The molecular formula is C17H27BN2O2. The third kappa shape index (κ3) is 3.54. The van der Waals surface area contributed by atoms with E-state index in [0.717, 1.165) is 23.3 Å². The van der Waals surface area contributed by atoms with Crippen molar-refractivity contribution >= 4 is 18.9 Å². The van der Waals surface area contributed by atoms with E-state index in [1.54, 1.807) is 0 Å². The number of rotatable bonds is 5. The maximum atomic E-state index is 6.15. The third-order valence-electron chi connectivity index (χ3n) is 4.49. The molecule has 5 heteroatoms. The Kier molecular flexibility index (Phi) is 5.00. The molecule has 1 aliphatic rings.